The largest absolute Gasteiger partial charge is 0.494 e. The Morgan fingerprint density at radius 3 is 2.61 bits per heavy atom. The molecule has 1 aromatic heterocycles. The van der Waals surface area contributed by atoms with Gasteiger partial charge in [0.25, 0.3) is 5.91 Å². The number of aromatic nitrogens is 2. The van der Waals surface area contributed by atoms with Crippen molar-refractivity contribution in [3.05, 3.63) is 47.3 Å². The lowest BCUT2D eigenvalue weighted by Gasteiger charge is -2.14. The van der Waals surface area contributed by atoms with Crippen molar-refractivity contribution in [1.82, 2.24) is 15.6 Å². The van der Waals surface area contributed by atoms with E-state index in [-0.39, 0.29) is 11.3 Å². The zero-order valence-electron chi connectivity index (χ0n) is 13.9. The summed E-state index contributed by atoms with van der Waals surface area (Å²) in [7, 11) is 0. The van der Waals surface area contributed by atoms with E-state index < -0.39 is 0 Å². The molecular weight excluding hydrogens is 292 g/mol. The fraction of sp³-hybridized carbons (Fsp3) is 0.353. The fourth-order valence-corrected chi connectivity index (χ4v) is 1.86. The van der Waals surface area contributed by atoms with E-state index in [1.165, 1.54) is 0 Å². The summed E-state index contributed by atoms with van der Waals surface area (Å²) in [6, 6.07) is 9.19. The Hall–Kier alpha value is -2.63. The van der Waals surface area contributed by atoms with Gasteiger partial charge < -0.3 is 4.74 Å². The van der Waals surface area contributed by atoms with Crippen LogP contribution in [0.15, 0.2) is 35.4 Å². The highest BCUT2D eigenvalue weighted by Crippen LogP contribution is 2.20. The van der Waals surface area contributed by atoms with Gasteiger partial charge in [-0.2, -0.15) is 10.2 Å². The molecule has 1 amide bonds. The first kappa shape index (κ1) is 16.7. The second kappa shape index (κ2) is 7.09. The molecule has 0 aliphatic rings. The molecule has 1 heterocycles. The van der Waals surface area contributed by atoms with E-state index in [0.29, 0.717) is 12.3 Å². The number of hydrogen-bond acceptors (Lipinski definition) is 4. The smallest absolute Gasteiger partial charge is 0.291 e. The van der Waals surface area contributed by atoms with Gasteiger partial charge in [-0.3, -0.25) is 9.89 Å². The van der Waals surface area contributed by atoms with Gasteiger partial charge in [-0.25, -0.2) is 5.43 Å². The minimum atomic E-state index is -0.348. The number of nitrogens with one attached hydrogen (secondary N) is 2. The minimum absolute atomic E-state index is 0.0862. The lowest BCUT2D eigenvalue weighted by atomic mass is 9.92. The van der Waals surface area contributed by atoms with Gasteiger partial charge in [-0.15, -0.1) is 0 Å². The number of nitrogens with zero attached hydrogens (tertiary/aromatic N) is 2. The average molecular weight is 314 g/mol. The molecule has 23 heavy (non-hydrogen) atoms. The summed E-state index contributed by atoms with van der Waals surface area (Å²) in [5.74, 6) is 0.457. The number of aromatic amines is 1. The van der Waals surface area contributed by atoms with E-state index in [4.69, 9.17) is 4.74 Å². The first-order chi connectivity index (χ1) is 10.9. The molecule has 0 radical (unpaired) electrons. The van der Waals surface area contributed by atoms with Crippen LogP contribution in [-0.4, -0.2) is 28.9 Å². The molecule has 6 nitrogen and oxygen atoms in total. The van der Waals surface area contributed by atoms with Crippen molar-refractivity contribution in [2.24, 2.45) is 5.10 Å². The quantitative estimate of drug-likeness (QED) is 0.658. The van der Waals surface area contributed by atoms with Gasteiger partial charge >= 0.3 is 0 Å². The van der Waals surface area contributed by atoms with Crippen LogP contribution in [0.5, 0.6) is 5.75 Å². The average Bonchev–Trinajstić information content (AvgIpc) is 2.99. The Labute approximate surface area is 135 Å². The molecule has 0 aliphatic heterocycles. The van der Waals surface area contributed by atoms with Gasteiger partial charge in [0.05, 0.1) is 12.8 Å². The number of hydrazone groups is 1. The van der Waals surface area contributed by atoms with Gasteiger partial charge in [0.15, 0.2) is 5.69 Å². The number of rotatable bonds is 5. The number of hydrogen-bond donors (Lipinski definition) is 2. The van der Waals surface area contributed by atoms with Crippen molar-refractivity contribution in [2.45, 2.75) is 33.1 Å². The summed E-state index contributed by atoms with van der Waals surface area (Å²) in [6.07, 6.45) is 1.57. The van der Waals surface area contributed by atoms with E-state index >= 15 is 0 Å². The zero-order chi connectivity index (χ0) is 16.9. The van der Waals surface area contributed by atoms with Gasteiger partial charge in [-0.1, -0.05) is 20.8 Å². The summed E-state index contributed by atoms with van der Waals surface area (Å²) in [5.41, 5.74) is 4.47. The molecule has 0 spiro atoms. The Bertz CT molecular complexity index is 681. The van der Waals surface area contributed by atoms with Crippen molar-refractivity contribution in [3.63, 3.8) is 0 Å². The van der Waals surface area contributed by atoms with E-state index in [1.807, 2.05) is 52.0 Å². The van der Waals surface area contributed by atoms with Crippen molar-refractivity contribution in [3.8, 4) is 5.75 Å². The molecule has 2 aromatic rings. The maximum atomic E-state index is 12.0. The normalized spacial score (nSPS) is 11.7. The SMILES string of the molecule is CCOc1ccc(C=NNC(=O)c2cc(C(C)(C)C)[nH]n2)cc1. The molecule has 122 valence electrons. The summed E-state index contributed by atoms with van der Waals surface area (Å²) < 4.78 is 5.37. The van der Waals surface area contributed by atoms with Crippen LogP contribution in [0.2, 0.25) is 0 Å². The second-order valence-corrected chi connectivity index (χ2v) is 6.12. The number of ether oxygens (including phenoxy) is 1. The zero-order valence-corrected chi connectivity index (χ0v) is 13.9. The predicted molar refractivity (Wildman–Crippen MR) is 90.0 cm³/mol. The number of carbonyl (C=O) groups is 1. The van der Waals surface area contributed by atoms with Crippen LogP contribution in [0.4, 0.5) is 0 Å². The molecule has 0 saturated carbocycles. The maximum Gasteiger partial charge on any atom is 0.291 e. The summed E-state index contributed by atoms with van der Waals surface area (Å²) in [6.45, 7) is 8.71. The van der Waals surface area contributed by atoms with Crippen LogP contribution in [-0.2, 0) is 5.41 Å². The Morgan fingerprint density at radius 1 is 1.35 bits per heavy atom. The standard InChI is InChI=1S/C17H22N4O2/c1-5-23-13-8-6-12(7-9-13)11-18-21-16(22)14-10-15(20-19-14)17(2,3)4/h6-11H,5H2,1-4H3,(H,19,20)(H,21,22). The molecule has 2 rings (SSSR count). The van der Waals surface area contributed by atoms with Gasteiger partial charge in [0.2, 0.25) is 0 Å². The third-order valence-corrected chi connectivity index (χ3v) is 3.19. The van der Waals surface area contributed by atoms with Crippen LogP contribution in [0.3, 0.4) is 0 Å². The van der Waals surface area contributed by atoms with Crippen molar-refractivity contribution < 1.29 is 9.53 Å². The summed E-state index contributed by atoms with van der Waals surface area (Å²) in [5, 5.41) is 10.8. The first-order valence-corrected chi connectivity index (χ1v) is 7.52. The molecule has 0 saturated heterocycles. The van der Waals surface area contributed by atoms with Crippen LogP contribution in [0.1, 0.15) is 49.4 Å². The molecule has 0 unspecified atom stereocenters. The van der Waals surface area contributed by atoms with Crippen LogP contribution >= 0.6 is 0 Å². The Kier molecular flexibility index (Phi) is 5.16. The third-order valence-electron chi connectivity index (χ3n) is 3.19. The van der Waals surface area contributed by atoms with Crippen LogP contribution in [0, 0.1) is 0 Å². The van der Waals surface area contributed by atoms with Crippen molar-refractivity contribution in [1.29, 1.82) is 0 Å². The van der Waals surface area contributed by atoms with Crippen molar-refractivity contribution in [2.75, 3.05) is 6.61 Å². The molecule has 0 aliphatic carbocycles. The second-order valence-electron chi connectivity index (χ2n) is 6.12. The van der Waals surface area contributed by atoms with Crippen LogP contribution in [0.25, 0.3) is 0 Å². The summed E-state index contributed by atoms with van der Waals surface area (Å²) >= 11 is 0. The van der Waals surface area contributed by atoms with Crippen LogP contribution < -0.4 is 10.2 Å². The monoisotopic (exact) mass is 314 g/mol. The molecule has 6 heteroatoms. The molecule has 1 aromatic carbocycles. The number of benzene rings is 1. The summed E-state index contributed by atoms with van der Waals surface area (Å²) in [4.78, 5) is 12.0. The minimum Gasteiger partial charge on any atom is -0.494 e. The highest BCUT2D eigenvalue weighted by molar-refractivity contribution is 5.93. The number of amides is 1. The topological polar surface area (TPSA) is 79.4 Å². The lowest BCUT2D eigenvalue weighted by Crippen LogP contribution is -2.18. The molecule has 0 atom stereocenters. The highest BCUT2D eigenvalue weighted by Gasteiger charge is 2.19. The van der Waals surface area contributed by atoms with E-state index in [2.05, 4.69) is 20.7 Å². The van der Waals surface area contributed by atoms with E-state index in [1.54, 1.807) is 12.3 Å². The van der Waals surface area contributed by atoms with E-state index in [9.17, 15) is 4.79 Å². The fourth-order valence-electron chi connectivity index (χ4n) is 1.86. The number of carbonyl (C=O) groups excluding carboxylic acids is 1. The lowest BCUT2D eigenvalue weighted by molar-refractivity contribution is 0.0950. The van der Waals surface area contributed by atoms with Gasteiger partial charge in [0.1, 0.15) is 5.75 Å². The number of H-pyrrole nitrogens is 1. The third kappa shape index (κ3) is 4.67. The maximum absolute atomic E-state index is 12.0. The molecule has 0 bridgehead atoms. The Balaban J connectivity index is 1.94. The molecule has 2 N–H and O–H groups in total. The predicted octanol–water partition coefficient (Wildman–Crippen LogP) is 2.87. The van der Waals surface area contributed by atoms with Crippen molar-refractivity contribution >= 4 is 12.1 Å². The highest BCUT2D eigenvalue weighted by atomic mass is 16.5. The first-order valence-electron chi connectivity index (χ1n) is 7.52. The molecular formula is C17H22N4O2. The molecule has 0 fully saturated rings. The van der Waals surface area contributed by atoms with Gasteiger partial charge in [-0.05, 0) is 42.8 Å². The Morgan fingerprint density at radius 2 is 2.04 bits per heavy atom. The van der Waals surface area contributed by atoms with Gasteiger partial charge in [0, 0.05) is 11.1 Å². The van der Waals surface area contributed by atoms with E-state index in [0.717, 1.165) is 17.0 Å².